The van der Waals surface area contributed by atoms with Gasteiger partial charge in [0.15, 0.2) is 0 Å². The molecule has 0 saturated carbocycles. The summed E-state index contributed by atoms with van der Waals surface area (Å²) in [7, 11) is 2.17. The van der Waals surface area contributed by atoms with Gasteiger partial charge in [-0.15, -0.1) is 0 Å². The number of H-pyrrole nitrogens is 1. The number of fused-ring (bicyclic) bond motifs is 2. The van der Waals surface area contributed by atoms with E-state index in [1.54, 1.807) is 0 Å². The van der Waals surface area contributed by atoms with Gasteiger partial charge in [-0.05, 0) is 62.6 Å². The highest BCUT2D eigenvalue weighted by atomic mass is 16.1. The van der Waals surface area contributed by atoms with E-state index in [2.05, 4.69) is 27.6 Å². The number of pyridine rings is 1. The van der Waals surface area contributed by atoms with E-state index >= 15 is 0 Å². The lowest BCUT2D eigenvalue weighted by atomic mass is 10.0. The molecule has 2 aromatic heterocycles. The zero-order chi connectivity index (χ0) is 18.4. The molecule has 1 atom stereocenters. The van der Waals surface area contributed by atoms with Crippen molar-refractivity contribution in [3.63, 3.8) is 0 Å². The van der Waals surface area contributed by atoms with Crippen molar-refractivity contribution in [1.82, 2.24) is 19.4 Å². The van der Waals surface area contributed by atoms with Crippen LogP contribution in [0.15, 0.2) is 35.1 Å². The molecule has 3 heterocycles. The number of hydrogen-bond donors (Lipinski definition) is 1. The fourth-order valence-electron chi connectivity index (χ4n) is 4.84. The van der Waals surface area contributed by atoms with E-state index in [1.165, 1.54) is 30.1 Å². The van der Waals surface area contributed by atoms with E-state index in [1.807, 2.05) is 24.3 Å². The molecule has 1 saturated heterocycles. The number of nitrogens with zero attached hydrogens (tertiary/aromatic N) is 3. The smallest absolute Gasteiger partial charge is 0.252 e. The predicted molar refractivity (Wildman–Crippen MR) is 107 cm³/mol. The molecule has 2 aliphatic rings. The molecule has 1 aliphatic carbocycles. The van der Waals surface area contributed by atoms with Crippen LogP contribution in [0.5, 0.6) is 0 Å². The molecule has 0 radical (unpaired) electrons. The Kier molecular flexibility index (Phi) is 4.12. The molecule has 140 valence electrons. The molecule has 5 heteroatoms. The summed E-state index contributed by atoms with van der Waals surface area (Å²) in [4.78, 5) is 23.1. The number of aryl methyl sites for hydroxylation is 1. The maximum absolute atomic E-state index is 12.6. The van der Waals surface area contributed by atoms with Crippen LogP contribution in [0, 0.1) is 0 Å². The summed E-state index contributed by atoms with van der Waals surface area (Å²) < 4.78 is 2.34. The minimum absolute atomic E-state index is 0.0264. The lowest BCUT2D eigenvalue weighted by Crippen LogP contribution is -2.28. The summed E-state index contributed by atoms with van der Waals surface area (Å²) in [5.74, 6) is 1.19. The van der Waals surface area contributed by atoms with Gasteiger partial charge in [0.25, 0.3) is 5.56 Å². The number of likely N-dealkylation sites (tertiary alicyclic amines) is 1. The van der Waals surface area contributed by atoms with Gasteiger partial charge in [-0.25, -0.2) is 4.98 Å². The van der Waals surface area contributed by atoms with Gasteiger partial charge in [0.1, 0.15) is 5.82 Å². The van der Waals surface area contributed by atoms with Gasteiger partial charge in [-0.2, -0.15) is 0 Å². The molecule has 0 amide bonds. The third-order valence-corrected chi connectivity index (χ3v) is 6.27. The Balaban J connectivity index is 1.46. The summed E-state index contributed by atoms with van der Waals surface area (Å²) in [5.41, 5.74) is 4.50. The largest absolute Gasteiger partial charge is 0.334 e. The molecule has 5 rings (SSSR count). The normalized spacial score (nSPS) is 20.3. The van der Waals surface area contributed by atoms with Crippen molar-refractivity contribution in [1.29, 1.82) is 0 Å². The van der Waals surface area contributed by atoms with Crippen LogP contribution in [0.4, 0.5) is 0 Å². The number of imidazole rings is 1. The molecular formula is C22H26N4O. The molecule has 1 aromatic carbocycles. The Morgan fingerprint density at radius 3 is 2.93 bits per heavy atom. The Hall–Kier alpha value is -2.40. The molecule has 3 aromatic rings. The van der Waals surface area contributed by atoms with Crippen molar-refractivity contribution in [2.75, 3.05) is 6.54 Å². The molecule has 0 unspecified atom stereocenters. The molecule has 0 spiro atoms. The Morgan fingerprint density at radius 1 is 1.19 bits per heavy atom. The fourth-order valence-corrected chi connectivity index (χ4v) is 4.84. The summed E-state index contributed by atoms with van der Waals surface area (Å²) in [6.45, 7) is 1.71. The van der Waals surface area contributed by atoms with Crippen LogP contribution >= 0.6 is 0 Å². The van der Waals surface area contributed by atoms with Crippen molar-refractivity contribution in [2.45, 2.75) is 51.1 Å². The summed E-state index contributed by atoms with van der Waals surface area (Å²) in [5, 5.41) is 1.09. The van der Waals surface area contributed by atoms with Crippen molar-refractivity contribution >= 4 is 10.9 Å². The molecule has 27 heavy (non-hydrogen) atoms. The minimum Gasteiger partial charge on any atom is -0.334 e. The molecule has 1 N–H and O–H groups in total. The average Bonchev–Trinajstić information content (AvgIpc) is 3.27. The quantitative estimate of drug-likeness (QED) is 0.776. The van der Waals surface area contributed by atoms with Crippen LogP contribution in [-0.2, 0) is 26.4 Å². The zero-order valence-corrected chi connectivity index (χ0v) is 15.9. The number of benzene rings is 1. The van der Waals surface area contributed by atoms with Gasteiger partial charge in [-0.3, -0.25) is 9.69 Å². The van der Waals surface area contributed by atoms with Gasteiger partial charge in [0.05, 0.1) is 11.7 Å². The maximum Gasteiger partial charge on any atom is 0.252 e. The van der Waals surface area contributed by atoms with Crippen LogP contribution < -0.4 is 5.56 Å². The van der Waals surface area contributed by atoms with E-state index in [-0.39, 0.29) is 5.56 Å². The molecular weight excluding hydrogens is 336 g/mol. The first-order valence-electron chi connectivity index (χ1n) is 10.1. The molecule has 5 nitrogen and oxygen atoms in total. The number of nitrogens with one attached hydrogen (secondary N) is 1. The lowest BCUT2D eigenvalue weighted by Gasteiger charge is -2.24. The van der Waals surface area contributed by atoms with E-state index in [0.717, 1.165) is 48.7 Å². The first kappa shape index (κ1) is 16.8. The van der Waals surface area contributed by atoms with Crippen LogP contribution in [0.3, 0.4) is 0 Å². The second kappa shape index (κ2) is 6.64. The summed E-state index contributed by atoms with van der Waals surface area (Å²) >= 11 is 0. The highest BCUT2D eigenvalue weighted by Gasteiger charge is 2.31. The second-order valence-corrected chi connectivity index (χ2v) is 7.97. The summed E-state index contributed by atoms with van der Waals surface area (Å²) in [6.07, 6.45) is 7.07. The Bertz CT molecular complexity index is 1050. The number of hydrogen-bond acceptors (Lipinski definition) is 3. The van der Waals surface area contributed by atoms with Crippen molar-refractivity contribution in [3.8, 4) is 0 Å². The first-order chi connectivity index (χ1) is 13.2. The SMILES string of the molecule is Cn1c([C@@H]2CCCN2Cc2cc3ccccc3[nH]c2=O)nc2c1CCCC2. The number of aromatic nitrogens is 3. The van der Waals surface area contributed by atoms with Gasteiger partial charge in [0.2, 0.25) is 0 Å². The minimum atomic E-state index is 0.0264. The van der Waals surface area contributed by atoms with Crippen LogP contribution in [0.2, 0.25) is 0 Å². The summed E-state index contributed by atoms with van der Waals surface area (Å²) in [6, 6.07) is 10.3. The Labute approximate surface area is 159 Å². The predicted octanol–water partition coefficient (Wildman–Crippen LogP) is 3.48. The fraction of sp³-hybridized carbons (Fsp3) is 0.455. The highest BCUT2D eigenvalue weighted by Crippen LogP contribution is 2.34. The number of para-hydroxylation sites is 1. The van der Waals surface area contributed by atoms with Gasteiger partial charge >= 0.3 is 0 Å². The van der Waals surface area contributed by atoms with E-state index in [9.17, 15) is 4.79 Å². The van der Waals surface area contributed by atoms with Crippen LogP contribution in [0.1, 0.15) is 54.5 Å². The van der Waals surface area contributed by atoms with Crippen molar-refractivity contribution in [2.24, 2.45) is 7.05 Å². The van der Waals surface area contributed by atoms with Gasteiger partial charge < -0.3 is 9.55 Å². The molecule has 1 fully saturated rings. The monoisotopic (exact) mass is 362 g/mol. The van der Waals surface area contributed by atoms with Crippen LogP contribution in [0.25, 0.3) is 10.9 Å². The number of rotatable bonds is 3. The number of aromatic amines is 1. The first-order valence-corrected chi connectivity index (χ1v) is 10.1. The van der Waals surface area contributed by atoms with Crippen molar-refractivity contribution in [3.05, 3.63) is 63.5 Å². The standard InChI is InChI=1S/C22H26N4O/c1-25-19-10-5-4-9-18(19)23-21(25)20-11-6-12-26(20)14-16-13-15-7-2-3-8-17(15)24-22(16)27/h2-3,7-8,13,20H,4-6,9-12,14H2,1H3,(H,24,27)/t20-/m0/s1. The van der Waals surface area contributed by atoms with E-state index < -0.39 is 0 Å². The van der Waals surface area contributed by atoms with Crippen molar-refractivity contribution < 1.29 is 0 Å². The van der Waals surface area contributed by atoms with E-state index in [0.29, 0.717) is 12.6 Å². The third kappa shape index (κ3) is 2.90. The molecule has 1 aliphatic heterocycles. The average molecular weight is 362 g/mol. The third-order valence-electron chi connectivity index (χ3n) is 6.27. The van der Waals surface area contributed by atoms with Crippen LogP contribution in [-0.4, -0.2) is 26.0 Å². The lowest BCUT2D eigenvalue weighted by molar-refractivity contribution is 0.235. The van der Waals surface area contributed by atoms with Gasteiger partial charge in [-0.1, -0.05) is 18.2 Å². The maximum atomic E-state index is 12.6. The van der Waals surface area contributed by atoms with E-state index in [4.69, 9.17) is 4.98 Å². The zero-order valence-electron chi connectivity index (χ0n) is 15.9. The Morgan fingerprint density at radius 2 is 2.04 bits per heavy atom. The van der Waals surface area contributed by atoms with Gasteiger partial charge in [0, 0.05) is 30.4 Å². The highest BCUT2D eigenvalue weighted by molar-refractivity contribution is 5.78. The topological polar surface area (TPSA) is 53.9 Å². The molecule has 0 bridgehead atoms. The second-order valence-electron chi connectivity index (χ2n) is 7.97.